The van der Waals surface area contributed by atoms with Crippen molar-refractivity contribution in [2.75, 3.05) is 20.3 Å². The molecule has 3 aromatic carbocycles. The van der Waals surface area contributed by atoms with E-state index in [9.17, 15) is 0 Å². The number of benzene rings is 3. The van der Waals surface area contributed by atoms with Gasteiger partial charge >= 0.3 is 0 Å². The second-order valence-electron chi connectivity index (χ2n) is 9.07. The maximum Gasteiger partial charge on any atom is 0.235 e. The van der Waals surface area contributed by atoms with Gasteiger partial charge in [0.25, 0.3) is 0 Å². The molecule has 5 aromatic rings. The molecule has 0 aliphatic carbocycles. The summed E-state index contributed by atoms with van der Waals surface area (Å²) in [7, 11) is 1.68. The van der Waals surface area contributed by atoms with E-state index in [1.165, 1.54) is 16.6 Å². The lowest BCUT2D eigenvalue weighted by atomic mass is 10.0. The van der Waals surface area contributed by atoms with Gasteiger partial charge in [0.15, 0.2) is 0 Å². The van der Waals surface area contributed by atoms with Gasteiger partial charge in [-0.3, -0.25) is 4.57 Å². The predicted molar refractivity (Wildman–Crippen MR) is 142 cm³/mol. The summed E-state index contributed by atoms with van der Waals surface area (Å²) in [5, 5.41) is 2.22. The molecule has 178 valence electrons. The van der Waals surface area contributed by atoms with Gasteiger partial charge in [0.05, 0.1) is 17.8 Å². The van der Waals surface area contributed by atoms with Crippen molar-refractivity contribution in [3.8, 4) is 11.7 Å². The van der Waals surface area contributed by atoms with Crippen molar-refractivity contribution in [2.45, 2.75) is 32.6 Å². The summed E-state index contributed by atoms with van der Waals surface area (Å²) in [6.07, 6.45) is 1.72. The molecular weight excluding hydrogens is 434 g/mol. The first-order valence-electron chi connectivity index (χ1n) is 12.2. The van der Waals surface area contributed by atoms with Gasteiger partial charge in [-0.2, -0.15) is 0 Å². The molecule has 5 heteroatoms. The Morgan fingerprint density at radius 1 is 0.829 bits per heavy atom. The lowest BCUT2D eigenvalue weighted by molar-refractivity contribution is 0.147. The number of rotatable bonds is 9. The average Bonchev–Trinajstić information content (AvgIpc) is 3.28. The van der Waals surface area contributed by atoms with Gasteiger partial charge in [-0.1, -0.05) is 74.5 Å². The van der Waals surface area contributed by atoms with E-state index in [-0.39, 0.29) is 0 Å². The maximum atomic E-state index is 6.09. The Bertz CT molecular complexity index is 1440. The Morgan fingerprint density at radius 3 is 2.43 bits per heavy atom. The molecule has 0 aliphatic rings. The third kappa shape index (κ3) is 4.77. The fraction of sp³-hybridized carbons (Fsp3) is 0.267. The molecule has 0 atom stereocenters. The second-order valence-corrected chi connectivity index (χ2v) is 9.07. The Balaban J connectivity index is 1.69. The van der Waals surface area contributed by atoms with Crippen LogP contribution in [0, 0.1) is 0 Å². The fourth-order valence-corrected chi connectivity index (χ4v) is 4.55. The number of ether oxygens (including phenoxy) is 2. The van der Waals surface area contributed by atoms with Crippen LogP contribution in [0.1, 0.15) is 36.7 Å². The smallest absolute Gasteiger partial charge is 0.235 e. The molecule has 0 N–H and O–H groups in total. The van der Waals surface area contributed by atoms with Crippen molar-refractivity contribution >= 4 is 21.8 Å². The first-order chi connectivity index (χ1) is 17.2. The van der Waals surface area contributed by atoms with Crippen LogP contribution in [0.25, 0.3) is 27.8 Å². The van der Waals surface area contributed by atoms with Gasteiger partial charge in [0, 0.05) is 23.6 Å². The highest BCUT2D eigenvalue weighted by atomic mass is 16.5. The highest BCUT2D eigenvalue weighted by Crippen LogP contribution is 2.31. The molecule has 2 aromatic heterocycles. The minimum Gasteiger partial charge on any atom is -0.489 e. The van der Waals surface area contributed by atoms with Crippen LogP contribution in [0.5, 0.6) is 5.75 Å². The first kappa shape index (κ1) is 23.1. The zero-order valence-corrected chi connectivity index (χ0v) is 20.6. The van der Waals surface area contributed by atoms with Gasteiger partial charge < -0.3 is 9.47 Å². The zero-order chi connectivity index (χ0) is 24.2. The average molecular weight is 466 g/mol. The molecule has 2 heterocycles. The third-order valence-electron chi connectivity index (χ3n) is 6.33. The van der Waals surface area contributed by atoms with E-state index in [1.807, 2.05) is 12.1 Å². The van der Waals surface area contributed by atoms with Crippen LogP contribution in [0.4, 0.5) is 0 Å². The van der Waals surface area contributed by atoms with Crippen molar-refractivity contribution in [2.24, 2.45) is 0 Å². The number of hydrogen-bond acceptors (Lipinski definition) is 4. The van der Waals surface area contributed by atoms with Gasteiger partial charge in [-0.25, -0.2) is 9.97 Å². The van der Waals surface area contributed by atoms with E-state index in [2.05, 4.69) is 85.1 Å². The van der Waals surface area contributed by atoms with Gasteiger partial charge in [-0.15, -0.1) is 0 Å². The Hall–Kier alpha value is -3.70. The van der Waals surface area contributed by atoms with Gasteiger partial charge in [-0.05, 0) is 42.5 Å². The zero-order valence-electron chi connectivity index (χ0n) is 20.6. The topological polar surface area (TPSA) is 49.2 Å². The normalized spacial score (nSPS) is 11.5. The summed E-state index contributed by atoms with van der Waals surface area (Å²) in [5.41, 5.74) is 5.46. The van der Waals surface area contributed by atoms with E-state index in [0.717, 1.165) is 40.7 Å². The van der Waals surface area contributed by atoms with Crippen LogP contribution in [0.3, 0.4) is 0 Å². The van der Waals surface area contributed by atoms with Crippen LogP contribution in [0.2, 0.25) is 0 Å². The van der Waals surface area contributed by atoms with Crippen LogP contribution in [0.15, 0.2) is 78.9 Å². The summed E-state index contributed by atoms with van der Waals surface area (Å²) in [6, 6.07) is 27.3. The molecule has 0 unspecified atom stereocenters. The van der Waals surface area contributed by atoms with E-state index in [1.54, 1.807) is 7.11 Å². The number of aromatic nitrogens is 3. The number of nitrogens with zero attached hydrogens (tertiary/aromatic N) is 3. The molecule has 5 nitrogen and oxygen atoms in total. The Morgan fingerprint density at radius 2 is 1.63 bits per heavy atom. The molecular formula is C30H31N3O2. The second kappa shape index (κ2) is 10.3. The van der Waals surface area contributed by atoms with Crippen LogP contribution in [-0.2, 0) is 17.6 Å². The van der Waals surface area contributed by atoms with Crippen LogP contribution >= 0.6 is 0 Å². The number of methoxy groups -OCH3 is 1. The van der Waals surface area contributed by atoms with Gasteiger partial charge in [0.2, 0.25) is 5.95 Å². The number of fused-ring (bicyclic) bond motifs is 2. The Kier molecular flexibility index (Phi) is 6.77. The largest absolute Gasteiger partial charge is 0.489 e. The monoisotopic (exact) mass is 465 g/mol. The number of aryl methyl sites for hydroxylation is 2. The molecule has 5 rings (SSSR count). The minimum absolute atomic E-state index is 0.322. The maximum absolute atomic E-state index is 6.09. The first-order valence-corrected chi connectivity index (χ1v) is 12.2. The lowest BCUT2D eigenvalue weighted by Crippen LogP contribution is -2.10. The van der Waals surface area contributed by atoms with Crippen molar-refractivity contribution < 1.29 is 9.47 Å². The number of hydrogen-bond donors (Lipinski definition) is 0. The predicted octanol–water partition coefficient (Wildman–Crippen LogP) is 6.51. The quantitative estimate of drug-likeness (QED) is 0.233. The summed E-state index contributed by atoms with van der Waals surface area (Å²) in [4.78, 5) is 10.3. The molecule has 35 heavy (non-hydrogen) atoms. The van der Waals surface area contributed by atoms with Crippen LogP contribution in [-0.4, -0.2) is 34.9 Å². The minimum atomic E-state index is 0.322. The molecule has 0 radical (unpaired) electrons. The van der Waals surface area contributed by atoms with Crippen LogP contribution < -0.4 is 4.74 Å². The SMILES string of the molecule is COCCOc1cccc2c(CCc3ccccc3)nc(-n3c(C(C)C)cc4ccccc43)nc12. The lowest BCUT2D eigenvalue weighted by Gasteiger charge is -2.16. The van der Waals surface area contributed by atoms with Crippen molar-refractivity contribution in [3.05, 3.63) is 95.8 Å². The number of para-hydroxylation sites is 2. The molecule has 0 bridgehead atoms. The highest BCUT2D eigenvalue weighted by Gasteiger charge is 2.19. The summed E-state index contributed by atoms with van der Waals surface area (Å²) < 4.78 is 13.5. The standard InChI is InChI=1S/C30H31N3O2/c1-21(2)27-20-23-12-7-8-14-26(23)33(27)30-31-25(17-16-22-10-5-4-6-11-22)24-13-9-15-28(29(24)32-30)35-19-18-34-3/h4-15,20-21H,16-19H2,1-3H3. The van der Waals surface area contributed by atoms with E-state index in [0.29, 0.717) is 25.1 Å². The Labute approximate surface area is 206 Å². The van der Waals surface area contributed by atoms with E-state index in [4.69, 9.17) is 19.4 Å². The highest BCUT2D eigenvalue weighted by molar-refractivity contribution is 5.88. The summed E-state index contributed by atoms with van der Waals surface area (Å²) >= 11 is 0. The molecule has 0 saturated heterocycles. The van der Waals surface area contributed by atoms with Crippen molar-refractivity contribution in [1.82, 2.24) is 14.5 Å². The van der Waals surface area contributed by atoms with Crippen molar-refractivity contribution in [3.63, 3.8) is 0 Å². The molecule has 0 amide bonds. The fourth-order valence-electron chi connectivity index (χ4n) is 4.55. The summed E-state index contributed by atoms with van der Waals surface area (Å²) in [5.74, 6) is 1.77. The molecule has 0 fully saturated rings. The van der Waals surface area contributed by atoms with E-state index < -0.39 is 0 Å². The summed E-state index contributed by atoms with van der Waals surface area (Å²) in [6.45, 7) is 5.41. The molecule has 0 spiro atoms. The van der Waals surface area contributed by atoms with Crippen molar-refractivity contribution in [1.29, 1.82) is 0 Å². The molecule has 0 saturated carbocycles. The van der Waals surface area contributed by atoms with Gasteiger partial charge in [0.1, 0.15) is 17.9 Å². The molecule has 0 aliphatic heterocycles. The van der Waals surface area contributed by atoms with E-state index >= 15 is 0 Å². The third-order valence-corrected chi connectivity index (χ3v) is 6.33.